The topological polar surface area (TPSA) is 100 Å². The number of fused-ring (bicyclic) bond motifs is 1. The number of methoxy groups -OCH3 is 1. The van der Waals surface area contributed by atoms with Crippen LogP contribution in [0.5, 0.6) is 0 Å². The van der Waals surface area contributed by atoms with Crippen LogP contribution in [0.4, 0.5) is 0 Å². The standard InChI is InChI=1S/C26H27N3O4S/c1-26(2,3)34(31)29-22(16-17-10-9-14-21(27-17)25(30)32-4)18-11-5-6-12-19(18)24-20-13-7-8-15-23(20)33-28-24/h5-15,22,29H,16H2,1-4H3/t22?,34-/m0/s1. The van der Waals surface area contributed by atoms with Crippen molar-refractivity contribution in [3.8, 4) is 11.3 Å². The Balaban J connectivity index is 1.78. The zero-order valence-electron chi connectivity index (χ0n) is 19.6. The fraction of sp³-hybridized carbons (Fsp3) is 0.269. The van der Waals surface area contributed by atoms with Crippen LogP contribution in [0, 0.1) is 0 Å². The first-order valence-electron chi connectivity index (χ1n) is 10.9. The normalized spacial score (nSPS) is 13.6. The van der Waals surface area contributed by atoms with Crippen LogP contribution in [-0.2, 0) is 22.5 Å². The molecule has 0 saturated heterocycles. The molecule has 0 aliphatic heterocycles. The minimum Gasteiger partial charge on any atom is -0.598 e. The van der Waals surface area contributed by atoms with Gasteiger partial charge >= 0.3 is 5.97 Å². The summed E-state index contributed by atoms with van der Waals surface area (Å²) < 4.78 is 26.3. The van der Waals surface area contributed by atoms with Gasteiger partial charge in [-0.15, -0.1) is 4.72 Å². The summed E-state index contributed by atoms with van der Waals surface area (Å²) in [5.74, 6) is -0.501. The van der Waals surface area contributed by atoms with E-state index in [-0.39, 0.29) is 11.7 Å². The number of aromatic nitrogens is 2. The van der Waals surface area contributed by atoms with Crippen molar-refractivity contribution in [2.24, 2.45) is 0 Å². The first-order chi connectivity index (χ1) is 16.3. The molecule has 176 valence electrons. The first-order valence-corrected chi connectivity index (χ1v) is 12.1. The van der Waals surface area contributed by atoms with Crippen LogP contribution in [0.3, 0.4) is 0 Å². The smallest absolute Gasteiger partial charge is 0.356 e. The fourth-order valence-corrected chi connectivity index (χ4v) is 4.46. The first kappa shape index (κ1) is 23.9. The molecule has 8 heteroatoms. The lowest BCUT2D eigenvalue weighted by Gasteiger charge is -2.29. The number of ether oxygens (including phenoxy) is 1. The molecule has 4 rings (SSSR count). The Morgan fingerprint density at radius 2 is 1.82 bits per heavy atom. The van der Waals surface area contributed by atoms with Crippen LogP contribution < -0.4 is 4.72 Å². The number of para-hydroxylation sites is 1. The summed E-state index contributed by atoms with van der Waals surface area (Å²) in [6, 6.07) is 20.4. The molecule has 0 spiro atoms. The summed E-state index contributed by atoms with van der Waals surface area (Å²) in [7, 11) is 1.33. The number of nitrogens with one attached hydrogen (secondary N) is 1. The zero-order chi connectivity index (χ0) is 24.3. The Bertz CT molecular complexity index is 1300. The highest BCUT2D eigenvalue weighted by atomic mass is 32.2. The summed E-state index contributed by atoms with van der Waals surface area (Å²) in [5, 5.41) is 5.24. The van der Waals surface area contributed by atoms with Crippen molar-refractivity contribution in [2.45, 2.75) is 38.0 Å². The largest absolute Gasteiger partial charge is 0.598 e. The summed E-state index contributed by atoms with van der Waals surface area (Å²) in [6.07, 6.45) is 0.402. The molecule has 0 radical (unpaired) electrons. The molecule has 1 unspecified atom stereocenters. The van der Waals surface area contributed by atoms with Gasteiger partial charge in [-0.1, -0.05) is 47.6 Å². The van der Waals surface area contributed by atoms with Gasteiger partial charge in [-0.25, -0.2) is 9.78 Å². The van der Waals surface area contributed by atoms with E-state index in [1.54, 1.807) is 12.1 Å². The summed E-state index contributed by atoms with van der Waals surface area (Å²) in [6.45, 7) is 5.75. The van der Waals surface area contributed by atoms with Crippen molar-refractivity contribution >= 4 is 28.3 Å². The van der Waals surface area contributed by atoms with Crippen LogP contribution >= 0.6 is 0 Å². The third-order valence-corrected chi connectivity index (χ3v) is 7.00. The highest BCUT2D eigenvalue weighted by Crippen LogP contribution is 2.35. The van der Waals surface area contributed by atoms with Gasteiger partial charge in [0.1, 0.15) is 16.1 Å². The molecule has 0 fully saturated rings. The number of rotatable bonds is 7. The van der Waals surface area contributed by atoms with Gasteiger partial charge in [0.15, 0.2) is 5.58 Å². The number of benzene rings is 2. The van der Waals surface area contributed by atoms with Crippen LogP contribution in [0.25, 0.3) is 22.2 Å². The lowest BCUT2D eigenvalue weighted by atomic mass is 9.94. The summed E-state index contributed by atoms with van der Waals surface area (Å²) in [4.78, 5) is 16.5. The summed E-state index contributed by atoms with van der Waals surface area (Å²) in [5.41, 5.74) is 4.10. The Morgan fingerprint density at radius 1 is 1.09 bits per heavy atom. The van der Waals surface area contributed by atoms with E-state index in [9.17, 15) is 9.35 Å². The van der Waals surface area contributed by atoms with Crippen LogP contribution in [0.1, 0.15) is 48.6 Å². The zero-order valence-corrected chi connectivity index (χ0v) is 20.4. The number of esters is 1. The highest BCUT2D eigenvalue weighted by Gasteiger charge is 2.31. The van der Waals surface area contributed by atoms with Gasteiger partial charge in [-0.3, -0.25) is 0 Å². The van der Waals surface area contributed by atoms with Gasteiger partial charge in [0.05, 0.1) is 13.2 Å². The Morgan fingerprint density at radius 3 is 2.59 bits per heavy atom. The maximum Gasteiger partial charge on any atom is 0.356 e. The summed E-state index contributed by atoms with van der Waals surface area (Å²) >= 11 is -1.35. The van der Waals surface area contributed by atoms with Gasteiger partial charge in [0, 0.05) is 34.4 Å². The van der Waals surface area contributed by atoms with E-state index in [0.717, 1.165) is 22.2 Å². The van der Waals surface area contributed by atoms with Crippen molar-refractivity contribution in [3.05, 3.63) is 83.7 Å². The quantitative estimate of drug-likeness (QED) is 0.295. The van der Waals surface area contributed by atoms with E-state index >= 15 is 0 Å². The maximum atomic E-state index is 13.1. The van der Waals surface area contributed by atoms with Crippen LogP contribution in [0.2, 0.25) is 0 Å². The average Bonchev–Trinajstić information content (AvgIpc) is 3.26. The van der Waals surface area contributed by atoms with E-state index in [0.29, 0.717) is 17.7 Å². The molecule has 0 bridgehead atoms. The van der Waals surface area contributed by atoms with Crippen LogP contribution in [-0.4, -0.2) is 32.5 Å². The third kappa shape index (κ3) is 5.14. The lowest BCUT2D eigenvalue weighted by Crippen LogP contribution is -2.42. The number of nitrogens with zero attached hydrogens (tertiary/aromatic N) is 2. The average molecular weight is 478 g/mol. The number of carbonyl (C=O) groups is 1. The molecule has 0 aliphatic rings. The second-order valence-electron chi connectivity index (χ2n) is 8.88. The van der Waals surface area contributed by atoms with Gasteiger partial charge in [0.25, 0.3) is 0 Å². The predicted octanol–water partition coefficient (Wildman–Crippen LogP) is 5.01. The van der Waals surface area contributed by atoms with Crippen molar-refractivity contribution < 1.29 is 18.6 Å². The molecular weight excluding hydrogens is 450 g/mol. The van der Waals surface area contributed by atoms with E-state index in [1.807, 2.05) is 75.4 Å². The maximum absolute atomic E-state index is 13.1. The molecule has 2 heterocycles. The van der Waals surface area contributed by atoms with Crippen molar-refractivity contribution in [2.75, 3.05) is 7.11 Å². The molecule has 0 amide bonds. The minimum atomic E-state index is -1.35. The van der Waals surface area contributed by atoms with Crippen molar-refractivity contribution in [1.82, 2.24) is 14.9 Å². The number of carbonyl (C=O) groups excluding carboxylic acids is 1. The Kier molecular flexibility index (Phi) is 7.02. The molecule has 0 saturated carbocycles. The van der Waals surface area contributed by atoms with Gasteiger partial charge < -0.3 is 13.8 Å². The predicted molar refractivity (Wildman–Crippen MR) is 132 cm³/mol. The highest BCUT2D eigenvalue weighted by molar-refractivity contribution is 7.90. The molecule has 2 atom stereocenters. The van der Waals surface area contributed by atoms with Gasteiger partial charge in [0.2, 0.25) is 0 Å². The Labute approximate surface area is 201 Å². The number of pyridine rings is 1. The molecule has 2 aromatic carbocycles. The number of hydrogen-bond acceptors (Lipinski definition) is 7. The molecule has 7 nitrogen and oxygen atoms in total. The van der Waals surface area contributed by atoms with E-state index in [1.165, 1.54) is 7.11 Å². The van der Waals surface area contributed by atoms with Gasteiger partial charge in [-0.05, 0) is 50.6 Å². The Hall–Kier alpha value is -3.20. The van der Waals surface area contributed by atoms with Crippen molar-refractivity contribution in [3.63, 3.8) is 0 Å². The molecule has 4 aromatic rings. The van der Waals surface area contributed by atoms with E-state index in [4.69, 9.17) is 9.26 Å². The fourth-order valence-electron chi connectivity index (χ4n) is 3.64. The lowest BCUT2D eigenvalue weighted by molar-refractivity contribution is 0.0593. The molecule has 0 aliphatic carbocycles. The molecule has 2 aromatic heterocycles. The SMILES string of the molecule is COC(=O)c1cccc(CC(N[S@@+]([O-])C(C)(C)C)c2ccccc2-c2noc3ccccc23)n1. The van der Waals surface area contributed by atoms with Crippen molar-refractivity contribution in [1.29, 1.82) is 0 Å². The number of hydrogen-bond donors (Lipinski definition) is 1. The third-order valence-electron chi connectivity index (χ3n) is 5.39. The van der Waals surface area contributed by atoms with E-state index < -0.39 is 22.1 Å². The second kappa shape index (κ2) is 9.97. The monoisotopic (exact) mass is 477 g/mol. The minimum absolute atomic E-state index is 0.228. The molecule has 34 heavy (non-hydrogen) atoms. The second-order valence-corrected chi connectivity index (χ2v) is 10.9. The van der Waals surface area contributed by atoms with E-state index in [2.05, 4.69) is 14.9 Å². The van der Waals surface area contributed by atoms with Crippen LogP contribution in [0.15, 0.2) is 71.3 Å². The molecular formula is C26H27N3O4S. The van der Waals surface area contributed by atoms with Gasteiger partial charge in [-0.2, -0.15) is 0 Å². The molecule has 1 N–H and O–H groups in total.